The topological polar surface area (TPSA) is 126 Å². The first-order valence-electron chi connectivity index (χ1n) is 9.29. The lowest BCUT2D eigenvalue weighted by Gasteiger charge is -2.14. The summed E-state index contributed by atoms with van der Waals surface area (Å²) in [7, 11) is 0. The van der Waals surface area contributed by atoms with Gasteiger partial charge in [0.2, 0.25) is 11.8 Å². The summed E-state index contributed by atoms with van der Waals surface area (Å²) >= 11 is 6.21. The second kappa shape index (κ2) is 9.73. The van der Waals surface area contributed by atoms with Crippen LogP contribution in [0.4, 0.5) is 5.95 Å². The molecule has 2 heterocycles. The number of H-pyrrole nitrogens is 1. The first kappa shape index (κ1) is 21.8. The molecule has 31 heavy (non-hydrogen) atoms. The molecule has 2 N–H and O–H groups in total. The van der Waals surface area contributed by atoms with Crippen molar-refractivity contribution in [3.05, 3.63) is 79.2 Å². The van der Waals surface area contributed by atoms with Gasteiger partial charge in [-0.2, -0.15) is 10.2 Å². The van der Waals surface area contributed by atoms with Crippen LogP contribution in [0.1, 0.15) is 16.7 Å². The summed E-state index contributed by atoms with van der Waals surface area (Å²) < 4.78 is 7.32. The maximum Gasteiger partial charge on any atom is 0.328 e. The minimum atomic E-state index is -0.491. The molecule has 0 unspecified atom stereocenters. The third-order valence-corrected chi connectivity index (χ3v) is 4.54. The average molecular weight is 439 g/mol. The van der Waals surface area contributed by atoms with Crippen LogP contribution in [-0.4, -0.2) is 26.1 Å². The molecule has 0 aliphatic carbocycles. The van der Waals surface area contributed by atoms with Crippen LogP contribution in [0.25, 0.3) is 6.08 Å². The van der Waals surface area contributed by atoms with Crippen LogP contribution in [0.15, 0.2) is 46.3 Å². The van der Waals surface area contributed by atoms with Gasteiger partial charge in [-0.05, 0) is 48.7 Å². The summed E-state index contributed by atoms with van der Waals surface area (Å²) in [5, 5.41) is 11.9. The second-order valence-corrected chi connectivity index (χ2v) is 7.03. The number of hydrogen-bond acceptors (Lipinski definition) is 7. The normalized spacial score (nSPS) is 10.8. The van der Waals surface area contributed by atoms with Gasteiger partial charge in [-0.15, -0.1) is 0 Å². The van der Waals surface area contributed by atoms with E-state index < -0.39 is 11.2 Å². The van der Waals surface area contributed by atoms with Crippen molar-refractivity contribution in [2.45, 2.75) is 20.4 Å². The third kappa shape index (κ3) is 5.58. The van der Waals surface area contributed by atoms with Crippen LogP contribution >= 0.6 is 11.6 Å². The van der Waals surface area contributed by atoms with Crippen molar-refractivity contribution in [3.63, 3.8) is 0 Å². The summed E-state index contributed by atoms with van der Waals surface area (Å²) in [4.78, 5) is 33.5. The van der Waals surface area contributed by atoms with Gasteiger partial charge >= 0.3 is 5.69 Å². The van der Waals surface area contributed by atoms with Gasteiger partial charge in [-0.3, -0.25) is 14.3 Å². The van der Waals surface area contributed by atoms with Crippen LogP contribution in [0.5, 0.6) is 11.6 Å². The maximum atomic E-state index is 11.7. The van der Waals surface area contributed by atoms with Gasteiger partial charge in [0, 0.05) is 31.4 Å². The maximum absolute atomic E-state index is 11.7. The Morgan fingerprint density at radius 3 is 2.74 bits per heavy atom. The Balaban J connectivity index is 1.74. The molecule has 158 valence electrons. The number of nitriles is 1. The van der Waals surface area contributed by atoms with Gasteiger partial charge in [0.15, 0.2) is 0 Å². The van der Waals surface area contributed by atoms with E-state index >= 15 is 0 Å². The van der Waals surface area contributed by atoms with Crippen molar-refractivity contribution in [1.82, 2.24) is 19.5 Å². The number of aromatic nitrogens is 4. The summed E-state index contributed by atoms with van der Waals surface area (Å²) in [6.45, 7) is 4.42. The fourth-order valence-electron chi connectivity index (χ4n) is 2.89. The summed E-state index contributed by atoms with van der Waals surface area (Å²) in [5.41, 5.74) is 1.67. The Morgan fingerprint density at radius 2 is 2.06 bits per heavy atom. The first-order valence-corrected chi connectivity index (χ1v) is 9.66. The number of allylic oxidation sites excluding steroid dienone is 1. The van der Waals surface area contributed by atoms with Crippen molar-refractivity contribution >= 4 is 23.6 Å². The molecule has 9 nitrogen and oxygen atoms in total. The van der Waals surface area contributed by atoms with Crippen molar-refractivity contribution in [3.8, 4) is 17.7 Å². The zero-order chi connectivity index (χ0) is 22.4. The van der Waals surface area contributed by atoms with Crippen LogP contribution < -0.4 is 21.3 Å². The molecule has 0 spiro atoms. The Morgan fingerprint density at radius 1 is 1.32 bits per heavy atom. The molecule has 2 aromatic heterocycles. The fraction of sp³-hybridized carbons (Fsp3) is 0.190. The van der Waals surface area contributed by atoms with Gasteiger partial charge in [-0.1, -0.05) is 11.6 Å². The molecule has 1 aromatic carbocycles. The van der Waals surface area contributed by atoms with E-state index in [1.165, 1.54) is 29.1 Å². The Hall–Kier alpha value is -3.90. The molecule has 0 aliphatic heterocycles. The second-order valence-electron chi connectivity index (χ2n) is 6.63. The standard InChI is InChI=1S/C21H19ClN6O3/c1-13-10-15(4-3-6-23)11-14(2)18(13)31-19-16(22)12-25-20(27-19)24-7-9-28-8-5-17(29)26-21(28)30/h3-5,8,10-12H,7,9H2,1-2H3,(H,24,25,27)(H,26,29,30)/b4-3+. The van der Waals surface area contributed by atoms with Crippen LogP contribution in [0, 0.1) is 25.2 Å². The molecule has 0 amide bonds. The Kier molecular flexibility index (Phi) is 6.85. The lowest BCUT2D eigenvalue weighted by molar-refractivity contribution is 0.455. The average Bonchev–Trinajstić information content (AvgIpc) is 2.72. The number of ether oxygens (including phenoxy) is 1. The first-order chi connectivity index (χ1) is 14.9. The molecule has 0 aliphatic rings. The third-order valence-electron chi connectivity index (χ3n) is 4.28. The zero-order valence-corrected chi connectivity index (χ0v) is 17.6. The van der Waals surface area contributed by atoms with E-state index in [1.54, 1.807) is 6.08 Å². The summed E-state index contributed by atoms with van der Waals surface area (Å²) in [6, 6.07) is 7.03. The lowest BCUT2D eigenvalue weighted by atomic mass is 10.1. The van der Waals surface area contributed by atoms with E-state index in [1.807, 2.05) is 32.0 Å². The van der Waals surface area contributed by atoms with Gasteiger partial charge in [0.25, 0.3) is 5.56 Å². The number of aromatic amines is 1. The van der Waals surface area contributed by atoms with Crippen molar-refractivity contribution in [2.24, 2.45) is 0 Å². The summed E-state index contributed by atoms with van der Waals surface area (Å²) in [5.74, 6) is 1.08. The van der Waals surface area contributed by atoms with E-state index in [0.29, 0.717) is 18.8 Å². The number of halogens is 1. The molecule has 0 bridgehead atoms. The number of benzene rings is 1. The molecule has 10 heteroatoms. The van der Waals surface area contributed by atoms with Gasteiger partial charge in [0.05, 0.1) is 12.3 Å². The number of aryl methyl sites for hydroxylation is 2. The van der Waals surface area contributed by atoms with E-state index in [9.17, 15) is 9.59 Å². The number of nitrogens with zero attached hydrogens (tertiary/aromatic N) is 4. The molecule has 0 atom stereocenters. The van der Waals surface area contributed by atoms with Crippen molar-refractivity contribution < 1.29 is 4.74 Å². The van der Waals surface area contributed by atoms with E-state index in [2.05, 4.69) is 20.3 Å². The number of nitrogens with one attached hydrogen (secondary N) is 2. The number of rotatable bonds is 7. The van der Waals surface area contributed by atoms with E-state index in [4.69, 9.17) is 21.6 Å². The van der Waals surface area contributed by atoms with E-state index in [0.717, 1.165) is 16.7 Å². The number of anilines is 1. The van der Waals surface area contributed by atoms with Crippen LogP contribution in [0.2, 0.25) is 5.02 Å². The Bertz CT molecular complexity index is 1270. The fourth-order valence-corrected chi connectivity index (χ4v) is 3.02. The smallest absolute Gasteiger partial charge is 0.328 e. The highest BCUT2D eigenvalue weighted by molar-refractivity contribution is 6.31. The molecule has 3 aromatic rings. The SMILES string of the molecule is Cc1cc(/C=C/C#N)cc(C)c1Oc1nc(NCCn2ccc(=O)[nH]c2=O)ncc1Cl. The largest absolute Gasteiger partial charge is 0.437 e. The molecule has 0 saturated carbocycles. The quantitative estimate of drug-likeness (QED) is 0.543. The highest BCUT2D eigenvalue weighted by atomic mass is 35.5. The molecular weight excluding hydrogens is 420 g/mol. The molecule has 3 rings (SSSR count). The van der Waals surface area contributed by atoms with Gasteiger partial charge in [-0.25, -0.2) is 9.78 Å². The van der Waals surface area contributed by atoms with Gasteiger partial charge in [0.1, 0.15) is 10.8 Å². The molecule has 0 saturated heterocycles. The van der Waals surface area contributed by atoms with Crippen molar-refractivity contribution in [2.75, 3.05) is 11.9 Å². The molecular formula is C21H19ClN6O3. The molecule has 0 radical (unpaired) electrons. The lowest BCUT2D eigenvalue weighted by Crippen LogP contribution is -2.30. The Labute approximate surface area is 182 Å². The van der Waals surface area contributed by atoms with Crippen LogP contribution in [0.3, 0.4) is 0 Å². The predicted molar refractivity (Wildman–Crippen MR) is 117 cm³/mol. The molecule has 0 fully saturated rings. The zero-order valence-electron chi connectivity index (χ0n) is 16.8. The predicted octanol–water partition coefficient (Wildman–Crippen LogP) is 3.04. The minimum Gasteiger partial charge on any atom is -0.437 e. The number of hydrogen-bond donors (Lipinski definition) is 2. The summed E-state index contributed by atoms with van der Waals surface area (Å²) in [6.07, 6.45) is 5.97. The van der Waals surface area contributed by atoms with Gasteiger partial charge < -0.3 is 10.1 Å². The van der Waals surface area contributed by atoms with Crippen molar-refractivity contribution in [1.29, 1.82) is 5.26 Å². The van der Waals surface area contributed by atoms with Crippen LogP contribution in [-0.2, 0) is 6.54 Å². The monoisotopic (exact) mass is 438 g/mol. The minimum absolute atomic E-state index is 0.187. The van der Waals surface area contributed by atoms with E-state index in [-0.39, 0.29) is 16.9 Å². The highest BCUT2D eigenvalue weighted by Crippen LogP contribution is 2.33. The highest BCUT2D eigenvalue weighted by Gasteiger charge is 2.12.